The molecule has 0 aliphatic rings. The highest BCUT2D eigenvalue weighted by Crippen LogP contribution is 2.46. The van der Waals surface area contributed by atoms with Gasteiger partial charge in [0, 0.05) is 97.6 Å². The predicted octanol–water partition coefficient (Wildman–Crippen LogP) is 26.6. The van der Waals surface area contributed by atoms with Crippen LogP contribution in [0.1, 0.15) is 60.9 Å². The van der Waals surface area contributed by atoms with Gasteiger partial charge in [-0.2, -0.15) is 35.9 Å². The second kappa shape index (κ2) is 43.3. The normalized spacial score (nSPS) is 11.1. The fourth-order valence-electron chi connectivity index (χ4n) is 13.9. The Morgan fingerprint density at radius 3 is 1.06 bits per heavy atom. The highest BCUT2D eigenvalue weighted by Gasteiger charge is 2.32. The van der Waals surface area contributed by atoms with Crippen molar-refractivity contribution in [2.24, 2.45) is 0 Å². The van der Waals surface area contributed by atoms with Crippen molar-refractivity contribution >= 4 is 268 Å². The molecule has 16 nitrogen and oxygen atoms in total. The number of hydrogen-bond donors (Lipinski definition) is 2. The number of rotatable bonds is 16. The van der Waals surface area contributed by atoms with Crippen molar-refractivity contribution < 1.29 is 84.2 Å². The Labute approximate surface area is 801 Å². The molecule has 0 saturated heterocycles. The number of halogens is 12. The molecule has 130 heavy (non-hydrogen) atoms. The number of ketones is 2. The van der Waals surface area contributed by atoms with Crippen LogP contribution >= 0.6 is 141 Å². The van der Waals surface area contributed by atoms with Crippen LogP contribution in [0.25, 0.3) is 128 Å². The van der Waals surface area contributed by atoms with Gasteiger partial charge in [0.25, 0.3) is 0 Å². The summed E-state index contributed by atoms with van der Waals surface area (Å²) in [6.45, 7) is 6.26. The number of esters is 2. The number of Topliss-reactive ketones (excluding diaryl/α,β-unsaturated/α-hetero) is 2. The van der Waals surface area contributed by atoms with Crippen LogP contribution in [0.5, 0.6) is 5.75 Å². The zero-order chi connectivity index (χ0) is 93.7. The molecule has 18 aromatic rings. The fourth-order valence-corrected chi connectivity index (χ4v) is 19.6. The van der Waals surface area contributed by atoms with Crippen molar-refractivity contribution in [3.63, 3.8) is 0 Å². The number of alkyl halides is 6. The minimum Gasteiger partial charge on any atom is -0.537 e. The summed E-state index contributed by atoms with van der Waals surface area (Å²) >= 11 is 25.3. The molecule has 0 atom stereocenters. The molecule has 0 bridgehead atoms. The first-order valence-electron chi connectivity index (χ1n) is 38.4. The molecule has 0 aliphatic carbocycles. The zero-order valence-corrected chi connectivity index (χ0v) is 80.1. The number of thioether (sulfide) groups is 1. The Hall–Kier alpha value is -11.0. The number of carboxylic acid groups (broad SMARTS) is 1. The zero-order valence-electron chi connectivity index (χ0n) is 67.4. The quantitative estimate of drug-likeness (QED) is 0.0300. The summed E-state index contributed by atoms with van der Waals surface area (Å²) in [6, 6.07) is 68.9. The van der Waals surface area contributed by atoms with Crippen molar-refractivity contribution in [2.75, 3.05) is 24.7 Å². The van der Waals surface area contributed by atoms with Gasteiger partial charge in [-0.05, 0) is 221 Å². The van der Waals surface area contributed by atoms with E-state index < -0.39 is 41.0 Å². The lowest BCUT2D eigenvalue weighted by molar-refractivity contribution is -0.192. The third-order valence-electron chi connectivity index (χ3n) is 19.7. The van der Waals surface area contributed by atoms with Gasteiger partial charge in [0.05, 0.1) is 54.6 Å². The predicted molar refractivity (Wildman–Crippen MR) is 525 cm³/mol. The van der Waals surface area contributed by atoms with E-state index in [0.29, 0.717) is 88.4 Å². The SMILES string of the molecule is CCOC(=O)CSCC(=O)OCC.Cc1ccc(-c2ccc3c(c2)c(=O)c2sc4c(=O)c5cc(-c6ccc(C(F)(F)F)cc6)ccc5c4c23)cc1.O=C(C(=O)c1ccc(Br)cc1)c1ccc(Br)cc1.O=C(O)c1scc(-c2ccc(Br)cc2)c1-c1ccc(Br)cc1.O=C=O.O=c1c2cc(Br)ccc2c2c1sc1c(=O)c3cc(Br)ccc3c12.O[B]Oc1ccc(C(F)(F)F)cc1. The molecule has 0 saturated carbocycles. The van der Waals surface area contributed by atoms with E-state index in [9.17, 15) is 74.6 Å². The summed E-state index contributed by atoms with van der Waals surface area (Å²) in [7, 11) is 0.405. The van der Waals surface area contributed by atoms with Crippen LogP contribution in [0.15, 0.2) is 294 Å². The third kappa shape index (κ3) is 22.7. The van der Waals surface area contributed by atoms with E-state index >= 15 is 0 Å². The largest absolute Gasteiger partial charge is 0.569 e. The molecule has 33 heteroatoms. The van der Waals surface area contributed by atoms with Crippen LogP contribution in [0, 0.1) is 6.92 Å². The first-order valence-corrected chi connectivity index (χ1v) is 46.8. The van der Waals surface area contributed by atoms with Crippen LogP contribution in [-0.2, 0) is 41.0 Å². The number of fused-ring (bicyclic) bond motifs is 14. The monoisotopic (exact) mass is 2210 g/mol. The van der Waals surface area contributed by atoms with Gasteiger partial charge in [0.15, 0.2) is 0 Å². The van der Waals surface area contributed by atoms with Gasteiger partial charge in [0.2, 0.25) is 33.3 Å². The van der Waals surface area contributed by atoms with Crippen LogP contribution in [-0.4, -0.2) is 78.2 Å². The molecule has 15 aromatic carbocycles. The highest BCUT2D eigenvalue weighted by molar-refractivity contribution is 9.11. The van der Waals surface area contributed by atoms with Gasteiger partial charge < -0.3 is 24.3 Å². The van der Waals surface area contributed by atoms with E-state index in [-0.39, 0.29) is 57.1 Å². The lowest BCUT2D eigenvalue weighted by Crippen LogP contribution is -2.14. The van der Waals surface area contributed by atoms with Gasteiger partial charge >= 0.3 is 44.1 Å². The molecule has 0 amide bonds. The van der Waals surface area contributed by atoms with Crippen molar-refractivity contribution in [3.8, 4) is 50.3 Å². The van der Waals surface area contributed by atoms with Crippen LogP contribution in [0.2, 0.25) is 0 Å². The first kappa shape index (κ1) is 98.0. The highest BCUT2D eigenvalue weighted by atomic mass is 79.9. The van der Waals surface area contributed by atoms with Crippen LogP contribution in [0.3, 0.4) is 0 Å². The van der Waals surface area contributed by atoms with E-state index in [4.69, 9.17) is 14.6 Å². The first-order chi connectivity index (χ1) is 62.0. The lowest BCUT2D eigenvalue weighted by Gasteiger charge is -2.08. The van der Waals surface area contributed by atoms with Gasteiger partial charge in [-0.15, -0.1) is 45.8 Å². The van der Waals surface area contributed by atoms with Crippen molar-refractivity contribution in [1.82, 2.24) is 0 Å². The Bertz CT molecular complexity index is 7340. The Morgan fingerprint density at radius 2 is 0.715 bits per heavy atom. The molecule has 2 N–H and O–H groups in total. The van der Waals surface area contributed by atoms with E-state index in [1.54, 1.807) is 68.4 Å². The van der Waals surface area contributed by atoms with Crippen LogP contribution in [0.4, 0.5) is 26.3 Å². The number of hydrogen-bond acceptors (Lipinski definition) is 19. The second-order valence-corrected chi connectivity index (χ2v) is 37.4. The van der Waals surface area contributed by atoms with Gasteiger partial charge in [-0.3, -0.25) is 38.4 Å². The van der Waals surface area contributed by atoms with Gasteiger partial charge in [-0.25, -0.2) is 4.79 Å². The lowest BCUT2D eigenvalue weighted by atomic mass is 9.97. The molecule has 655 valence electrons. The molecule has 0 fully saturated rings. The molecule has 3 heterocycles. The molecule has 1 radical (unpaired) electrons. The summed E-state index contributed by atoms with van der Waals surface area (Å²) < 4.78 is 96.7. The second-order valence-electron chi connectivity index (χ2n) is 28.0. The molecule has 0 aliphatic heterocycles. The molecular weight excluding hydrogens is 2150 g/mol. The number of carboxylic acids is 1. The summed E-state index contributed by atoms with van der Waals surface area (Å²) in [5, 5.41) is 29.0. The summed E-state index contributed by atoms with van der Waals surface area (Å²) in [6.07, 6.45) is -8.50. The number of benzene rings is 11. The van der Waals surface area contributed by atoms with E-state index in [0.717, 1.165) is 145 Å². The number of carbonyl (C=O) groups is 5. The van der Waals surface area contributed by atoms with Crippen molar-refractivity contribution in [1.29, 1.82) is 0 Å². The number of thiophene rings is 3. The number of aromatic carboxylic acids is 1. The number of aryl methyl sites for hydroxylation is 1. The Balaban J connectivity index is 0.000000147. The van der Waals surface area contributed by atoms with Crippen LogP contribution < -0.4 is 26.4 Å². The molecular formula is C97H60BBr6F6O16S4. The number of ether oxygens (including phenoxy) is 2. The summed E-state index contributed by atoms with van der Waals surface area (Å²) in [5.74, 6) is -1.93. The molecule has 0 unspecified atom stereocenters. The maximum absolute atomic E-state index is 13.4. The van der Waals surface area contributed by atoms with Gasteiger partial charge in [-0.1, -0.05) is 198 Å². The minimum atomic E-state index is -4.41. The summed E-state index contributed by atoms with van der Waals surface area (Å²) in [5.41, 5.74) is 7.15. The average Bonchev–Trinajstić information content (AvgIpc) is 1.54. The van der Waals surface area contributed by atoms with Crippen molar-refractivity contribution in [2.45, 2.75) is 33.1 Å². The Morgan fingerprint density at radius 1 is 0.408 bits per heavy atom. The minimum absolute atomic E-state index is 0.0159. The van der Waals surface area contributed by atoms with Gasteiger partial charge in [0.1, 0.15) is 10.6 Å². The van der Waals surface area contributed by atoms with E-state index in [2.05, 4.69) is 110 Å². The smallest absolute Gasteiger partial charge is 0.537 e. The molecule has 0 spiro atoms. The third-order valence-corrected chi connectivity index (χ3v) is 27.1. The van der Waals surface area contributed by atoms with Crippen molar-refractivity contribution in [3.05, 3.63) is 348 Å². The molecule has 3 aromatic heterocycles. The molecule has 18 rings (SSSR count). The fraction of sp³-hybridized carbons (Fsp3) is 0.0928. The maximum atomic E-state index is 13.4. The van der Waals surface area contributed by atoms with E-state index in [1.807, 2.05) is 152 Å². The topological polar surface area (TPSA) is 256 Å². The maximum Gasteiger partial charge on any atom is 0.569 e. The number of carbonyl (C=O) groups excluding carboxylic acids is 6. The average molecular weight is 2210 g/mol. The summed E-state index contributed by atoms with van der Waals surface area (Å²) in [4.78, 5) is 126. The van der Waals surface area contributed by atoms with E-state index in [1.165, 1.54) is 57.9 Å². The standard InChI is InChI=1S/C32H17F3O2S.C18H6Br2O2S.C17H10Br2O2S.C14H8Br2O2.C8H14O4S.C7H5BF3O2.CO2/c1-16-2-4-17(5-3-16)19-8-12-22-24(14-19)28(36)30-26(22)27-23-13-9-20(15-25(23)29(37)31(27)38-30)18-6-10-21(11-7-18)32(33,34)35;19-7-1-3-9-11(5-7)15(21)17-13(9)14-10-4-2-8(20)6-12(10)16(22)18(14)23-17;18-12-5-1-10(2-6-12)14-9-22-16(17(20)21)15(14)11-3-7-13(19)8-4-11;15-11-5-1-9(2-6-11)13(17)14(18)10-3-7-12(16)8-4-10;1-3-11-7(9)5-13-6-8(10)12-4-2;9-7(10,11)5-1-3-6(4-2-5)13-8-12;2-1-3/h2-15H,1H3;1-6H;1-9H,(H,20,21);1-8H;3-6H2,1-2H3;1-4,12H;. The Kier molecular flexibility index (Phi) is 32.7.